The van der Waals surface area contributed by atoms with Gasteiger partial charge in [0.25, 0.3) is 0 Å². The summed E-state index contributed by atoms with van der Waals surface area (Å²) in [7, 11) is 0. The van der Waals surface area contributed by atoms with Gasteiger partial charge in [-0.1, -0.05) is 75.2 Å². The van der Waals surface area contributed by atoms with Crippen LogP contribution in [0.2, 0.25) is 0 Å². The molecule has 0 spiro atoms. The molecule has 1 aliphatic rings. The van der Waals surface area contributed by atoms with Crippen LogP contribution in [0.5, 0.6) is 0 Å². The minimum atomic E-state index is -0.423. The summed E-state index contributed by atoms with van der Waals surface area (Å²) in [6, 6.07) is 16.5. The minimum Gasteiger partial charge on any atom is -0.463 e. The summed E-state index contributed by atoms with van der Waals surface area (Å²) in [5.74, 6) is -0.0868. The molecule has 34 heavy (non-hydrogen) atoms. The highest BCUT2D eigenvalue weighted by Crippen LogP contribution is 2.44. The van der Waals surface area contributed by atoms with Gasteiger partial charge in [-0.15, -0.1) is 0 Å². The third kappa shape index (κ3) is 7.07. The second-order valence-corrected chi connectivity index (χ2v) is 8.63. The van der Waals surface area contributed by atoms with E-state index in [1.165, 1.54) is 22.3 Å². The molecule has 0 aliphatic heterocycles. The molecule has 0 saturated heterocycles. The maximum Gasteiger partial charge on any atom is 0.407 e. The van der Waals surface area contributed by atoms with E-state index in [4.69, 9.17) is 14.2 Å². The molecule has 2 aromatic carbocycles. The molecule has 184 valence electrons. The number of fused-ring (bicyclic) bond motifs is 3. The molecular formula is C28H37NO5. The maximum atomic E-state index is 12.2. The molecular weight excluding hydrogens is 430 g/mol. The van der Waals surface area contributed by atoms with Gasteiger partial charge in [0.05, 0.1) is 12.5 Å². The van der Waals surface area contributed by atoms with Gasteiger partial charge in [-0.2, -0.15) is 0 Å². The van der Waals surface area contributed by atoms with Crippen molar-refractivity contribution in [1.82, 2.24) is 5.32 Å². The number of carbonyl (C=O) groups is 2. The Morgan fingerprint density at radius 1 is 0.882 bits per heavy atom. The van der Waals surface area contributed by atoms with Crippen LogP contribution >= 0.6 is 0 Å². The van der Waals surface area contributed by atoms with Crippen molar-refractivity contribution in [2.75, 3.05) is 33.0 Å². The summed E-state index contributed by atoms with van der Waals surface area (Å²) in [6.07, 6.45) is 4.05. The molecule has 1 amide bonds. The largest absolute Gasteiger partial charge is 0.463 e. The first-order chi connectivity index (χ1) is 16.7. The number of nitrogens with one attached hydrogen (secondary N) is 1. The molecule has 2 aromatic rings. The van der Waals surface area contributed by atoms with E-state index in [-0.39, 0.29) is 24.4 Å². The second kappa shape index (κ2) is 13.8. The van der Waals surface area contributed by atoms with E-state index >= 15 is 0 Å². The monoisotopic (exact) mass is 467 g/mol. The fourth-order valence-corrected chi connectivity index (χ4v) is 4.37. The minimum absolute atomic E-state index is 0.0126. The second-order valence-electron chi connectivity index (χ2n) is 8.63. The zero-order valence-electron chi connectivity index (χ0n) is 20.4. The number of benzene rings is 2. The van der Waals surface area contributed by atoms with E-state index in [1.807, 2.05) is 31.2 Å². The molecule has 0 fully saturated rings. The third-order valence-corrected chi connectivity index (χ3v) is 6.28. The van der Waals surface area contributed by atoms with Gasteiger partial charge in [0.2, 0.25) is 0 Å². The van der Waals surface area contributed by atoms with Crippen LogP contribution < -0.4 is 5.32 Å². The Kier molecular flexibility index (Phi) is 10.4. The lowest BCUT2D eigenvalue weighted by molar-refractivity contribution is -0.150. The highest BCUT2D eigenvalue weighted by molar-refractivity contribution is 5.79. The van der Waals surface area contributed by atoms with E-state index in [1.54, 1.807) is 0 Å². The Bertz CT molecular complexity index is 883. The fraction of sp³-hybridized carbons (Fsp3) is 0.500. The Morgan fingerprint density at radius 3 is 2.21 bits per heavy atom. The molecule has 1 atom stereocenters. The molecule has 6 nitrogen and oxygen atoms in total. The van der Waals surface area contributed by atoms with Crippen molar-refractivity contribution in [3.8, 4) is 11.1 Å². The Labute approximate surface area is 203 Å². The van der Waals surface area contributed by atoms with Crippen LogP contribution in [-0.2, 0) is 19.0 Å². The van der Waals surface area contributed by atoms with Crippen LogP contribution in [0.1, 0.15) is 63.0 Å². The first-order valence-electron chi connectivity index (χ1n) is 12.5. The summed E-state index contributed by atoms with van der Waals surface area (Å²) >= 11 is 0. The highest BCUT2D eigenvalue weighted by atomic mass is 16.6. The van der Waals surface area contributed by atoms with Crippen LogP contribution in [0.3, 0.4) is 0 Å². The smallest absolute Gasteiger partial charge is 0.407 e. The van der Waals surface area contributed by atoms with Crippen LogP contribution in [0, 0.1) is 5.92 Å². The zero-order valence-corrected chi connectivity index (χ0v) is 20.4. The number of hydrogen-bond acceptors (Lipinski definition) is 5. The van der Waals surface area contributed by atoms with Crippen LogP contribution in [0.15, 0.2) is 48.5 Å². The lowest BCUT2D eigenvalue weighted by Crippen LogP contribution is -2.27. The summed E-state index contributed by atoms with van der Waals surface area (Å²) in [4.78, 5) is 24.2. The molecule has 0 radical (unpaired) electrons. The summed E-state index contributed by atoms with van der Waals surface area (Å²) in [5.41, 5.74) is 4.81. The Hall–Kier alpha value is -2.86. The molecule has 6 heteroatoms. The van der Waals surface area contributed by atoms with E-state index in [0.29, 0.717) is 32.8 Å². The lowest BCUT2D eigenvalue weighted by atomic mass is 9.98. The van der Waals surface area contributed by atoms with Gasteiger partial charge in [0, 0.05) is 19.1 Å². The van der Waals surface area contributed by atoms with Crippen molar-refractivity contribution in [3.63, 3.8) is 0 Å². The molecule has 1 unspecified atom stereocenters. The van der Waals surface area contributed by atoms with Crippen molar-refractivity contribution in [3.05, 3.63) is 59.7 Å². The summed E-state index contributed by atoms with van der Waals surface area (Å²) < 4.78 is 16.3. The topological polar surface area (TPSA) is 73.9 Å². The number of carbonyl (C=O) groups excluding carboxylic acids is 2. The van der Waals surface area contributed by atoms with E-state index in [9.17, 15) is 9.59 Å². The lowest BCUT2D eigenvalue weighted by Gasteiger charge is -2.15. The highest BCUT2D eigenvalue weighted by Gasteiger charge is 2.28. The molecule has 3 rings (SSSR count). The van der Waals surface area contributed by atoms with Crippen molar-refractivity contribution in [2.45, 2.75) is 51.9 Å². The van der Waals surface area contributed by atoms with Gasteiger partial charge < -0.3 is 19.5 Å². The maximum absolute atomic E-state index is 12.2. The predicted molar refractivity (Wildman–Crippen MR) is 133 cm³/mol. The number of esters is 1. The number of rotatable bonds is 14. The SMILES string of the molecule is CCCCC(CC)C(=O)OCCOCCCNC(=O)OCC1c2ccccc2-c2ccccc21. The molecule has 1 N–H and O–H groups in total. The first kappa shape index (κ1) is 25.8. The predicted octanol–water partition coefficient (Wildman–Crippen LogP) is 5.69. The number of alkyl carbamates (subject to hydrolysis) is 1. The van der Waals surface area contributed by atoms with Gasteiger partial charge in [0.15, 0.2) is 0 Å². The van der Waals surface area contributed by atoms with E-state index < -0.39 is 6.09 Å². The third-order valence-electron chi connectivity index (χ3n) is 6.28. The fourth-order valence-electron chi connectivity index (χ4n) is 4.37. The van der Waals surface area contributed by atoms with Gasteiger partial charge >= 0.3 is 12.1 Å². The number of amides is 1. The van der Waals surface area contributed by atoms with Gasteiger partial charge in [-0.05, 0) is 41.5 Å². The Morgan fingerprint density at radius 2 is 1.56 bits per heavy atom. The van der Waals surface area contributed by atoms with Crippen molar-refractivity contribution in [1.29, 1.82) is 0 Å². The van der Waals surface area contributed by atoms with Crippen molar-refractivity contribution >= 4 is 12.1 Å². The molecule has 0 saturated carbocycles. The average Bonchev–Trinajstić information content (AvgIpc) is 3.18. The average molecular weight is 468 g/mol. The Balaban J connectivity index is 1.27. The summed E-state index contributed by atoms with van der Waals surface area (Å²) in [5, 5.41) is 2.78. The summed E-state index contributed by atoms with van der Waals surface area (Å²) in [6.45, 7) is 6.01. The van der Waals surface area contributed by atoms with Crippen molar-refractivity contribution < 1.29 is 23.8 Å². The number of hydrogen-bond donors (Lipinski definition) is 1. The number of unbranched alkanes of at least 4 members (excludes halogenated alkanes) is 1. The van der Waals surface area contributed by atoms with E-state index in [0.717, 1.165) is 25.7 Å². The number of ether oxygens (including phenoxy) is 3. The molecule has 0 aromatic heterocycles. The first-order valence-corrected chi connectivity index (χ1v) is 12.5. The van der Waals surface area contributed by atoms with Gasteiger partial charge in [-0.3, -0.25) is 4.79 Å². The van der Waals surface area contributed by atoms with Crippen LogP contribution in [0.4, 0.5) is 4.79 Å². The molecule has 0 bridgehead atoms. The van der Waals surface area contributed by atoms with Crippen LogP contribution in [0.25, 0.3) is 11.1 Å². The zero-order chi connectivity index (χ0) is 24.2. The van der Waals surface area contributed by atoms with Crippen LogP contribution in [-0.4, -0.2) is 45.0 Å². The molecule has 0 heterocycles. The standard InChI is InChI=1S/C28H37NO5/c1-3-5-11-21(4-2)27(30)33-19-18-32-17-10-16-29-28(31)34-20-26-24-14-8-6-12-22(24)23-13-7-9-15-25(23)26/h6-9,12-15,21,26H,3-5,10-11,16-20H2,1-2H3,(H,29,31). The van der Waals surface area contributed by atoms with E-state index in [2.05, 4.69) is 36.5 Å². The van der Waals surface area contributed by atoms with Gasteiger partial charge in [-0.25, -0.2) is 4.79 Å². The molecule has 1 aliphatic carbocycles. The normalized spacial score (nSPS) is 13.1. The van der Waals surface area contributed by atoms with Crippen molar-refractivity contribution in [2.24, 2.45) is 5.92 Å². The van der Waals surface area contributed by atoms with Gasteiger partial charge in [0.1, 0.15) is 13.2 Å². The quantitative estimate of drug-likeness (QED) is 0.285.